The molecule has 0 fully saturated rings. The van der Waals surface area contributed by atoms with E-state index in [-0.39, 0.29) is 0 Å². The van der Waals surface area contributed by atoms with Gasteiger partial charge in [-0.05, 0) is 12.7 Å². The lowest BCUT2D eigenvalue weighted by molar-refractivity contribution is -0.140. The number of aliphatic carboxylic acids is 1. The molecule has 0 rings (SSSR count). The summed E-state index contributed by atoms with van der Waals surface area (Å²) < 4.78 is 0. The van der Waals surface area contributed by atoms with Gasteiger partial charge in [0.25, 0.3) is 0 Å². The van der Waals surface area contributed by atoms with Crippen LogP contribution in [0.15, 0.2) is 0 Å². The van der Waals surface area contributed by atoms with Gasteiger partial charge >= 0.3 is 5.97 Å². The van der Waals surface area contributed by atoms with Crippen LogP contribution >= 0.6 is 11.8 Å². The van der Waals surface area contributed by atoms with E-state index < -0.39 is 18.3 Å². The number of rotatable bonds is 6. The third-order valence-electron chi connectivity index (χ3n) is 1.59. The van der Waals surface area contributed by atoms with Crippen molar-refractivity contribution >= 4 is 23.6 Å². The summed E-state index contributed by atoms with van der Waals surface area (Å²) in [5, 5.41) is 11.3. The van der Waals surface area contributed by atoms with Crippen LogP contribution in [0.2, 0.25) is 0 Å². The smallest absolute Gasteiger partial charge is 0.312 e. The van der Waals surface area contributed by atoms with E-state index >= 15 is 0 Å². The largest absolute Gasteiger partial charge is 0.481 e. The van der Waals surface area contributed by atoms with E-state index in [1.54, 1.807) is 11.8 Å². The Bertz CT molecular complexity index is 184. The van der Waals surface area contributed by atoms with Gasteiger partial charge in [-0.3, -0.25) is 9.59 Å². The Labute approximate surface area is 82.1 Å². The standard InChI is InChI=1S/C8H15NO3S/c1-6(13-2)3-4-9-7(10)5-8(11)12/h6H,3-5H2,1-2H3,(H,9,10)(H,11,12). The van der Waals surface area contributed by atoms with E-state index in [2.05, 4.69) is 12.2 Å². The minimum atomic E-state index is -1.09. The average Bonchev–Trinajstić information content (AvgIpc) is 2.02. The normalized spacial score (nSPS) is 12.2. The molecule has 1 amide bonds. The number of carbonyl (C=O) groups excluding carboxylic acids is 1. The van der Waals surface area contributed by atoms with Crippen LogP contribution in [0.1, 0.15) is 19.8 Å². The molecule has 0 aliphatic rings. The third kappa shape index (κ3) is 7.64. The first kappa shape index (κ1) is 12.3. The molecule has 76 valence electrons. The molecule has 0 aliphatic heterocycles. The monoisotopic (exact) mass is 205 g/mol. The molecule has 13 heavy (non-hydrogen) atoms. The molecular formula is C8H15NO3S. The fourth-order valence-corrected chi connectivity index (χ4v) is 1.09. The first-order valence-electron chi connectivity index (χ1n) is 4.07. The Morgan fingerprint density at radius 1 is 1.54 bits per heavy atom. The Morgan fingerprint density at radius 2 is 2.15 bits per heavy atom. The molecule has 0 aromatic heterocycles. The first-order valence-corrected chi connectivity index (χ1v) is 5.36. The topological polar surface area (TPSA) is 66.4 Å². The van der Waals surface area contributed by atoms with Gasteiger partial charge in [0, 0.05) is 11.8 Å². The molecule has 2 N–H and O–H groups in total. The molecule has 0 aromatic rings. The lowest BCUT2D eigenvalue weighted by Gasteiger charge is -2.07. The van der Waals surface area contributed by atoms with Crippen molar-refractivity contribution in [3.63, 3.8) is 0 Å². The summed E-state index contributed by atoms with van der Waals surface area (Å²) in [5.41, 5.74) is 0. The maximum absolute atomic E-state index is 10.8. The summed E-state index contributed by atoms with van der Waals surface area (Å²) in [6.45, 7) is 2.61. The predicted octanol–water partition coefficient (Wildman–Crippen LogP) is 0.719. The van der Waals surface area contributed by atoms with E-state index in [9.17, 15) is 9.59 Å². The van der Waals surface area contributed by atoms with E-state index in [1.165, 1.54) is 0 Å². The molecule has 0 heterocycles. The van der Waals surface area contributed by atoms with Crippen LogP contribution in [-0.4, -0.2) is 35.0 Å². The summed E-state index contributed by atoms with van der Waals surface area (Å²) in [5.74, 6) is -1.50. The quantitative estimate of drug-likeness (QED) is 0.627. The molecule has 4 nitrogen and oxygen atoms in total. The second-order valence-electron chi connectivity index (χ2n) is 2.76. The Kier molecular flexibility index (Phi) is 6.40. The third-order valence-corrected chi connectivity index (χ3v) is 2.63. The highest BCUT2D eigenvalue weighted by molar-refractivity contribution is 7.99. The number of carbonyl (C=O) groups is 2. The second kappa shape index (κ2) is 6.77. The van der Waals surface area contributed by atoms with Crippen LogP contribution in [0, 0.1) is 0 Å². The van der Waals surface area contributed by atoms with Gasteiger partial charge in [-0.15, -0.1) is 0 Å². The molecule has 1 atom stereocenters. The van der Waals surface area contributed by atoms with Gasteiger partial charge in [0.15, 0.2) is 0 Å². The predicted molar refractivity (Wildman–Crippen MR) is 52.9 cm³/mol. The van der Waals surface area contributed by atoms with E-state index in [0.717, 1.165) is 6.42 Å². The minimum Gasteiger partial charge on any atom is -0.481 e. The van der Waals surface area contributed by atoms with Crippen molar-refractivity contribution in [1.29, 1.82) is 0 Å². The molecule has 0 aromatic carbocycles. The van der Waals surface area contributed by atoms with Crippen molar-refractivity contribution in [1.82, 2.24) is 5.32 Å². The van der Waals surface area contributed by atoms with Crippen LogP contribution in [0.4, 0.5) is 0 Å². The number of carboxylic acid groups (broad SMARTS) is 1. The van der Waals surface area contributed by atoms with Crippen molar-refractivity contribution in [2.24, 2.45) is 0 Å². The zero-order valence-electron chi connectivity index (χ0n) is 7.87. The number of hydrogen-bond donors (Lipinski definition) is 2. The van der Waals surface area contributed by atoms with Crippen molar-refractivity contribution in [2.45, 2.75) is 25.0 Å². The maximum Gasteiger partial charge on any atom is 0.312 e. The highest BCUT2D eigenvalue weighted by Crippen LogP contribution is 2.07. The van der Waals surface area contributed by atoms with Gasteiger partial charge in [-0.2, -0.15) is 11.8 Å². The minimum absolute atomic E-state index is 0.416. The van der Waals surface area contributed by atoms with Gasteiger partial charge in [0.1, 0.15) is 6.42 Å². The fraction of sp³-hybridized carbons (Fsp3) is 0.750. The number of carboxylic acids is 1. The maximum atomic E-state index is 10.8. The van der Waals surface area contributed by atoms with Crippen LogP contribution in [0.25, 0.3) is 0 Å². The lowest BCUT2D eigenvalue weighted by atomic mass is 10.3. The lowest BCUT2D eigenvalue weighted by Crippen LogP contribution is -2.27. The molecule has 0 spiro atoms. The SMILES string of the molecule is CSC(C)CCNC(=O)CC(=O)O. The van der Waals surface area contributed by atoms with Gasteiger partial charge in [-0.25, -0.2) is 0 Å². The van der Waals surface area contributed by atoms with Crippen molar-refractivity contribution in [3.8, 4) is 0 Å². The van der Waals surface area contributed by atoms with Crippen LogP contribution in [0.3, 0.4) is 0 Å². The summed E-state index contributed by atoms with van der Waals surface area (Å²) in [4.78, 5) is 20.9. The molecule has 0 aliphatic carbocycles. The second-order valence-corrected chi connectivity index (χ2v) is 4.03. The summed E-state index contributed by atoms with van der Waals surface area (Å²) in [6, 6.07) is 0. The van der Waals surface area contributed by atoms with Gasteiger partial charge in [-0.1, -0.05) is 6.92 Å². The molecule has 0 saturated carbocycles. The Hall–Kier alpha value is -0.710. The average molecular weight is 205 g/mol. The van der Waals surface area contributed by atoms with Crippen molar-refractivity contribution in [2.75, 3.05) is 12.8 Å². The number of hydrogen-bond acceptors (Lipinski definition) is 3. The molecule has 0 saturated heterocycles. The van der Waals surface area contributed by atoms with Crippen LogP contribution in [-0.2, 0) is 9.59 Å². The molecule has 5 heteroatoms. The highest BCUT2D eigenvalue weighted by atomic mass is 32.2. The number of thioether (sulfide) groups is 1. The first-order chi connectivity index (χ1) is 6.06. The fourth-order valence-electron chi connectivity index (χ4n) is 0.733. The summed E-state index contributed by atoms with van der Waals surface area (Å²) >= 11 is 1.72. The van der Waals surface area contributed by atoms with Crippen LogP contribution < -0.4 is 5.32 Å². The van der Waals surface area contributed by atoms with E-state index in [4.69, 9.17) is 5.11 Å². The van der Waals surface area contributed by atoms with Crippen LogP contribution in [0.5, 0.6) is 0 Å². The van der Waals surface area contributed by atoms with E-state index in [0.29, 0.717) is 11.8 Å². The summed E-state index contributed by atoms with van der Waals surface area (Å²) in [7, 11) is 0. The van der Waals surface area contributed by atoms with Gasteiger partial charge in [0.2, 0.25) is 5.91 Å². The number of amides is 1. The zero-order valence-corrected chi connectivity index (χ0v) is 8.69. The highest BCUT2D eigenvalue weighted by Gasteiger charge is 2.06. The molecule has 0 bridgehead atoms. The van der Waals surface area contributed by atoms with E-state index in [1.807, 2.05) is 6.26 Å². The van der Waals surface area contributed by atoms with Gasteiger partial charge < -0.3 is 10.4 Å². The number of nitrogens with one attached hydrogen (secondary N) is 1. The summed E-state index contributed by atoms with van der Waals surface area (Å²) in [6.07, 6.45) is 2.43. The Morgan fingerprint density at radius 3 is 2.62 bits per heavy atom. The van der Waals surface area contributed by atoms with Crippen molar-refractivity contribution in [3.05, 3.63) is 0 Å². The Balaban J connectivity index is 3.42. The molecule has 0 radical (unpaired) electrons. The molecule has 1 unspecified atom stereocenters. The molecular weight excluding hydrogens is 190 g/mol. The zero-order chi connectivity index (χ0) is 10.3. The van der Waals surface area contributed by atoms with Crippen molar-refractivity contribution < 1.29 is 14.7 Å². The van der Waals surface area contributed by atoms with Gasteiger partial charge in [0.05, 0.1) is 0 Å².